The van der Waals surface area contributed by atoms with Crippen LogP contribution >= 0.6 is 0 Å². The highest BCUT2D eigenvalue weighted by molar-refractivity contribution is 5.97. The zero-order valence-electron chi connectivity index (χ0n) is 22.9. The summed E-state index contributed by atoms with van der Waals surface area (Å²) in [4.78, 5) is 54.2. The van der Waals surface area contributed by atoms with Gasteiger partial charge in [0.1, 0.15) is 0 Å². The molecule has 3 aromatic carbocycles. The molecule has 5 rings (SSSR count). The summed E-state index contributed by atoms with van der Waals surface area (Å²) >= 11 is 0. The number of carbonyl (C=O) groups is 4. The van der Waals surface area contributed by atoms with E-state index in [1.807, 2.05) is 42.5 Å². The molecular formula is C32H34N4O5. The third-order valence-electron chi connectivity index (χ3n) is 7.47. The van der Waals surface area contributed by atoms with Gasteiger partial charge in [-0.2, -0.15) is 0 Å². The highest BCUT2D eigenvalue weighted by Crippen LogP contribution is 2.22. The number of anilines is 2. The van der Waals surface area contributed by atoms with Crippen LogP contribution in [0.3, 0.4) is 0 Å². The van der Waals surface area contributed by atoms with E-state index in [4.69, 9.17) is 4.74 Å². The first kappa shape index (κ1) is 28.0. The van der Waals surface area contributed by atoms with Gasteiger partial charge in [-0.05, 0) is 66.9 Å². The van der Waals surface area contributed by atoms with Crippen LogP contribution in [0.5, 0.6) is 0 Å². The predicted octanol–water partition coefficient (Wildman–Crippen LogP) is 3.83. The predicted molar refractivity (Wildman–Crippen MR) is 156 cm³/mol. The highest BCUT2D eigenvalue weighted by atomic mass is 16.5. The fourth-order valence-corrected chi connectivity index (χ4v) is 5.09. The van der Waals surface area contributed by atoms with Gasteiger partial charge in [-0.25, -0.2) is 0 Å². The minimum atomic E-state index is -0.175. The number of likely N-dealkylation sites (tertiary alicyclic amines) is 1. The molecule has 0 radical (unpaired) electrons. The Kier molecular flexibility index (Phi) is 9.05. The molecule has 41 heavy (non-hydrogen) atoms. The van der Waals surface area contributed by atoms with Crippen LogP contribution in [-0.4, -0.2) is 72.8 Å². The van der Waals surface area contributed by atoms with Crippen molar-refractivity contribution in [1.29, 1.82) is 0 Å². The summed E-state index contributed by atoms with van der Waals surface area (Å²) in [5.74, 6) is -0.429. The lowest BCUT2D eigenvalue weighted by Gasteiger charge is -2.31. The molecule has 2 N–H and O–H groups in total. The van der Waals surface area contributed by atoms with Gasteiger partial charge in [0.05, 0.1) is 19.6 Å². The molecule has 2 heterocycles. The van der Waals surface area contributed by atoms with E-state index in [-0.39, 0.29) is 36.0 Å². The molecule has 9 heteroatoms. The molecule has 0 spiro atoms. The van der Waals surface area contributed by atoms with Gasteiger partial charge in [-0.1, -0.05) is 30.3 Å². The van der Waals surface area contributed by atoms with Crippen molar-refractivity contribution in [1.82, 2.24) is 9.80 Å². The summed E-state index contributed by atoms with van der Waals surface area (Å²) < 4.78 is 5.30. The fourth-order valence-electron chi connectivity index (χ4n) is 5.09. The largest absolute Gasteiger partial charge is 0.378 e. The lowest BCUT2D eigenvalue weighted by Crippen LogP contribution is -2.41. The maximum Gasteiger partial charge on any atom is 0.254 e. The summed E-state index contributed by atoms with van der Waals surface area (Å²) in [5, 5.41) is 5.83. The Morgan fingerprint density at radius 2 is 1.20 bits per heavy atom. The van der Waals surface area contributed by atoms with Crippen molar-refractivity contribution in [2.75, 3.05) is 50.0 Å². The lowest BCUT2D eigenvalue weighted by molar-refractivity contribution is -0.121. The van der Waals surface area contributed by atoms with Gasteiger partial charge in [0.15, 0.2) is 0 Å². The van der Waals surface area contributed by atoms with Gasteiger partial charge in [0.2, 0.25) is 11.8 Å². The van der Waals surface area contributed by atoms with E-state index in [0.717, 1.165) is 5.56 Å². The van der Waals surface area contributed by atoms with Crippen molar-refractivity contribution in [3.63, 3.8) is 0 Å². The molecule has 3 aromatic rings. The number of amides is 4. The van der Waals surface area contributed by atoms with Crippen LogP contribution in [-0.2, 0) is 20.7 Å². The number of piperidine rings is 1. The Labute approximate surface area is 239 Å². The van der Waals surface area contributed by atoms with Gasteiger partial charge >= 0.3 is 0 Å². The quantitative estimate of drug-likeness (QED) is 0.462. The molecule has 212 valence electrons. The molecule has 2 saturated heterocycles. The van der Waals surface area contributed by atoms with E-state index in [1.165, 1.54) is 0 Å². The van der Waals surface area contributed by atoms with Gasteiger partial charge in [-0.15, -0.1) is 0 Å². The Morgan fingerprint density at radius 3 is 1.83 bits per heavy atom. The van der Waals surface area contributed by atoms with Crippen LogP contribution in [0, 0.1) is 5.92 Å². The van der Waals surface area contributed by atoms with Gasteiger partial charge < -0.3 is 25.2 Å². The Morgan fingerprint density at radius 1 is 0.659 bits per heavy atom. The standard InChI is InChI=1S/C32H34N4O5/c37-29(33-27-12-8-26(9-13-27)32(40)36-18-20-41-21-19-36)22-23-6-10-28(11-7-23)34-30(38)24-14-16-35(17-15-24)31(39)25-4-2-1-3-5-25/h1-13,24H,14-22H2,(H,33,37)(H,34,38). The SMILES string of the molecule is O=C(Cc1ccc(NC(=O)C2CCN(C(=O)c3ccccc3)CC2)cc1)Nc1ccc(C(=O)N2CCOCC2)cc1. The molecule has 2 aliphatic heterocycles. The lowest BCUT2D eigenvalue weighted by atomic mass is 9.95. The Hall–Kier alpha value is -4.50. The molecule has 0 aromatic heterocycles. The first-order chi connectivity index (χ1) is 20.0. The molecule has 0 aliphatic carbocycles. The van der Waals surface area contributed by atoms with Crippen molar-refractivity contribution >= 4 is 35.0 Å². The molecule has 0 unspecified atom stereocenters. The normalized spacial score (nSPS) is 15.7. The zero-order valence-corrected chi connectivity index (χ0v) is 22.9. The highest BCUT2D eigenvalue weighted by Gasteiger charge is 2.28. The van der Waals surface area contributed by atoms with Crippen LogP contribution < -0.4 is 10.6 Å². The van der Waals surface area contributed by atoms with Crippen molar-refractivity contribution in [3.8, 4) is 0 Å². The summed E-state index contributed by atoms with van der Waals surface area (Å²) in [6.45, 7) is 3.35. The van der Waals surface area contributed by atoms with E-state index >= 15 is 0 Å². The van der Waals surface area contributed by atoms with Crippen LogP contribution in [0.25, 0.3) is 0 Å². The number of hydrogen-bond donors (Lipinski definition) is 2. The number of nitrogens with zero attached hydrogens (tertiary/aromatic N) is 2. The van der Waals surface area contributed by atoms with E-state index in [0.29, 0.717) is 74.7 Å². The monoisotopic (exact) mass is 554 g/mol. The van der Waals surface area contributed by atoms with Gasteiger partial charge in [0, 0.05) is 54.6 Å². The minimum Gasteiger partial charge on any atom is -0.378 e. The summed E-state index contributed by atoms with van der Waals surface area (Å²) in [6, 6.07) is 23.3. The second-order valence-electron chi connectivity index (χ2n) is 10.3. The fraction of sp³-hybridized carbons (Fsp3) is 0.312. The number of nitrogens with one attached hydrogen (secondary N) is 2. The number of carbonyl (C=O) groups excluding carboxylic acids is 4. The summed E-state index contributed by atoms with van der Waals surface area (Å²) in [6.07, 6.45) is 1.41. The van der Waals surface area contributed by atoms with Gasteiger partial charge in [-0.3, -0.25) is 19.2 Å². The van der Waals surface area contributed by atoms with Crippen LogP contribution in [0.2, 0.25) is 0 Å². The number of ether oxygens (including phenoxy) is 1. The second kappa shape index (κ2) is 13.2. The molecule has 0 bridgehead atoms. The molecule has 0 saturated carbocycles. The van der Waals surface area contributed by atoms with Crippen LogP contribution in [0.4, 0.5) is 11.4 Å². The average Bonchev–Trinajstić information content (AvgIpc) is 3.02. The van der Waals surface area contributed by atoms with Gasteiger partial charge in [0.25, 0.3) is 11.8 Å². The maximum absolute atomic E-state index is 12.8. The molecule has 0 atom stereocenters. The molecule has 2 fully saturated rings. The van der Waals surface area contributed by atoms with E-state index in [1.54, 1.807) is 46.2 Å². The molecule has 2 aliphatic rings. The summed E-state index contributed by atoms with van der Waals surface area (Å²) in [5.41, 5.74) is 3.34. The third kappa shape index (κ3) is 7.37. The summed E-state index contributed by atoms with van der Waals surface area (Å²) in [7, 11) is 0. The molecule has 4 amide bonds. The van der Waals surface area contributed by atoms with Crippen molar-refractivity contribution in [2.45, 2.75) is 19.3 Å². The van der Waals surface area contributed by atoms with Crippen molar-refractivity contribution < 1.29 is 23.9 Å². The number of hydrogen-bond acceptors (Lipinski definition) is 5. The maximum atomic E-state index is 12.8. The Balaban J connectivity index is 1.06. The number of benzene rings is 3. The van der Waals surface area contributed by atoms with E-state index in [9.17, 15) is 19.2 Å². The number of rotatable bonds is 7. The second-order valence-corrected chi connectivity index (χ2v) is 10.3. The van der Waals surface area contributed by atoms with Crippen molar-refractivity contribution in [3.05, 3.63) is 95.6 Å². The van der Waals surface area contributed by atoms with Crippen molar-refractivity contribution in [2.24, 2.45) is 5.92 Å². The number of morpholine rings is 1. The average molecular weight is 555 g/mol. The zero-order chi connectivity index (χ0) is 28.6. The van der Waals surface area contributed by atoms with Crippen LogP contribution in [0.15, 0.2) is 78.9 Å². The smallest absolute Gasteiger partial charge is 0.254 e. The minimum absolute atomic E-state index is 0.0000217. The van der Waals surface area contributed by atoms with E-state index in [2.05, 4.69) is 10.6 Å². The van der Waals surface area contributed by atoms with Crippen LogP contribution in [0.1, 0.15) is 39.1 Å². The Bertz CT molecular complexity index is 1360. The first-order valence-corrected chi connectivity index (χ1v) is 14.0. The van der Waals surface area contributed by atoms with E-state index < -0.39 is 0 Å². The molecule has 9 nitrogen and oxygen atoms in total. The third-order valence-corrected chi connectivity index (χ3v) is 7.47. The molecular weight excluding hydrogens is 520 g/mol. The first-order valence-electron chi connectivity index (χ1n) is 14.0. The topological polar surface area (TPSA) is 108 Å².